The molecule has 9 nitrogen and oxygen atoms in total. The first-order chi connectivity index (χ1) is 17.8. The van der Waals surface area contributed by atoms with Crippen molar-refractivity contribution < 1.29 is 9.59 Å². The van der Waals surface area contributed by atoms with E-state index in [0.717, 1.165) is 39.2 Å². The summed E-state index contributed by atoms with van der Waals surface area (Å²) < 4.78 is 1.58. The molecule has 0 aliphatic heterocycles. The summed E-state index contributed by atoms with van der Waals surface area (Å²) in [5, 5.41) is 7.52. The molecule has 0 saturated carbocycles. The van der Waals surface area contributed by atoms with E-state index < -0.39 is 5.91 Å². The van der Waals surface area contributed by atoms with Crippen molar-refractivity contribution in [3.8, 4) is 22.5 Å². The van der Waals surface area contributed by atoms with Gasteiger partial charge >= 0.3 is 0 Å². The topological polar surface area (TPSA) is 129 Å². The lowest BCUT2D eigenvalue weighted by Gasteiger charge is -2.06. The molecular formula is C28H25N7O2. The summed E-state index contributed by atoms with van der Waals surface area (Å²) in [7, 11) is 0. The molecule has 5 aromatic rings. The molecule has 9 heteroatoms. The molecule has 2 amide bonds. The molecule has 184 valence electrons. The van der Waals surface area contributed by atoms with E-state index in [9.17, 15) is 9.59 Å². The number of nitrogens with zero attached hydrogens (tertiary/aromatic N) is 5. The number of anilines is 1. The average molecular weight is 492 g/mol. The number of primary amides is 1. The lowest BCUT2D eigenvalue weighted by Crippen LogP contribution is -2.19. The fraction of sp³-hybridized carbons (Fsp3) is 0.143. The first-order valence-corrected chi connectivity index (χ1v) is 11.7. The highest BCUT2D eigenvalue weighted by atomic mass is 16.2. The largest absolute Gasteiger partial charge is 0.366 e. The number of nitrogens with two attached hydrogens (primary N) is 1. The molecule has 0 spiro atoms. The Hall–Kier alpha value is -4.92. The summed E-state index contributed by atoms with van der Waals surface area (Å²) in [6, 6.07) is 18.1. The number of hydrogen-bond donors (Lipinski definition) is 2. The van der Waals surface area contributed by atoms with Gasteiger partial charge in [-0.05, 0) is 68.8 Å². The number of amides is 2. The first kappa shape index (κ1) is 23.8. The Bertz CT molecular complexity index is 1670. The van der Waals surface area contributed by atoms with Gasteiger partial charge in [0.1, 0.15) is 12.2 Å². The molecule has 3 N–H and O–H groups in total. The Labute approximate surface area is 213 Å². The summed E-state index contributed by atoms with van der Waals surface area (Å²) in [5.74, 6) is -0.858. The smallest absolute Gasteiger partial charge is 0.248 e. The number of hydrogen-bond acceptors (Lipinski definition) is 6. The van der Waals surface area contributed by atoms with Crippen LogP contribution in [0.25, 0.3) is 33.5 Å². The summed E-state index contributed by atoms with van der Waals surface area (Å²) >= 11 is 0. The number of rotatable bonds is 6. The van der Waals surface area contributed by atoms with Crippen molar-refractivity contribution in [2.45, 2.75) is 27.3 Å². The lowest BCUT2D eigenvalue weighted by atomic mass is 10.0. The van der Waals surface area contributed by atoms with E-state index in [-0.39, 0.29) is 12.5 Å². The second kappa shape index (κ2) is 9.62. The van der Waals surface area contributed by atoms with E-state index in [2.05, 4.69) is 15.3 Å². The maximum Gasteiger partial charge on any atom is 0.248 e. The van der Waals surface area contributed by atoms with Crippen LogP contribution in [0.5, 0.6) is 0 Å². The van der Waals surface area contributed by atoms with Crippen LogP contribution in [-0.4, -0.2) is 36.5 Å². The number of benzene rings is 2. The van der Waals surface area contributed by atoms with Gasteiger partial charge in [0, 0.05) is 28.7 Å². The number of aryl methyl sites for hydroxylation is 3. The van der Waals surface area contributed by atoms with Gasteiger partial charge in [0.15, 0.2) is 0 Å². The first-order valence-electron chi connectivity index (χ1n) is 11.7. The normalized spacial score (nSPS) is 11.0. The van der Waals surface area contributed by atoms with Gasteiger partial charge in [0.2, 0.25) is 11.8 Å². The van der Waals surface area contributed by atoms with Crippen molar-refractivity contribution in [2.24, 2.45) is 5.73 Å². The molecule has 0 aliphatic carbocycles. The van der Waals surface area contributed by atoms with Gasteiger partial charge in [-0.15, -0.1) is 0 Å². The van der Waals surface area contributed by atoms with E-state index in [1.54, 1.807) is 22.9 Å². The second-order valence-electron chi connectivity index (χ2n) is 8.84. The SMILES string of the molecule is Cc1cccc(-c2nn(CC(=O)Nc3cccc(C(N)=O)c3)cc2-c2ccc3nc(C)c(C)nc3c2)n1. The Morgan fingerprint density at radius 3 is 2.41 bits per heavy atom. The van der Waals surface area contributed by atoms with Crippen LogP contribution in [0.1, 0.15) is 27.4 Å². The number of nitrogens with one attached hydrogen (secondary N) is 1. The summed E-state index contributed by atoms with van der Waals surface area (Å²) in [6.07, 6.45) is 1.83. The average Bonchev–Trinajstić information content (AvgIpc) is 3.28. The highest BCUT2D eigenvalue weighted by Crippen LogP contribution is 2.32. The molecule has 3 aromatic heterocycles. The zero-order valence-corrected chi connectivity index (χ0v) is 20.7. The second-order valence-corrected chi connectivity index (χ2v) is 8.84. The Morgan fingerprint density at radius 1 is 0.892 bits per heavy atom. The molecule has 5 rings (SSSR count). The Morgan fingerprint density at radius 2 is 1.65 bits per heavy atom. The van der Waals surface area contributed by atoms with E-state index in [1.165, 1.54) is 6.07 Å². The van der Waals surface area contributed by atoms with Gasteiger partial charge in [-0.2, -0.15) is 5.10 Å². The van der Waals surface area contributed by atoms with Crippen LogP contribution in [-0.2, 0) is 11.3 Å². The molecule has 0 aliphatic rings. The Balaban J connectivity index is 1.51. The summed E-state index contributed by atoms with van der Waals surface area (Å²) in [4.78, 5) is 38.3. The minimum atomic E-state index is -0.562. The van der Waals surface area contributed by atoms with Gasteiger partial charge in [-0.3, -0.25) is 19.3 Å². The maximum atomic E-state index is 12.8. The predicted molar refractivity (Wildman–Crippen MR) is 142 cm³/mol. The molecule has 0 saturated heterocycles. The standard InChI is InChI=1S/C28H25N7O2/c1-16-6-4-9-24(30-16)27-22(19-10-11-23-25(13-19)32-18(3)17(2)31-23)14-35(34-27)15-26(36)33-21-8-5-7-20(12-21)28(29)37/h4-14H,15H2,1-3H3,(H2,29,37)(H,33,36). The predicted octanol–water partition coefficient (Wildman–Crippen LogP) is 4.22. The third-order valence-corrected chi connectivity index (χ3v) is 6.02. The third-order valence-electron chi connectivity index (χ3n) is 6.02. The number of carbonyl (C=O) groups is 2. The van der Waals surface area contributed by atoms with Crippen LogP contribution in [0.4, 0.5) is 5.69 Å². The zero-order chi connectivity index (χ0) is 26.1. The number of fused-ring (bicyclic) bond motifs is 1. The van der Waals surface area contributed by atoms with Crippen LogP contribution in [0.2, 0.25) is 0 Å². The highest BCUT2D eigenvalue weighted by Gasteiger charge is 2.17. The molecule has 2 aromatic carbocycles. The summed E-state index contributed by atoms with van der Waals surface area (Å²) in [6.45, 7) is 5.76. The summed E-state index contributed by atoms with van der Waals surface area (Å²) in [5.41, 5.74) is 13.4. The molecule has 0 radical (unpaired) electrons. The van der Waals surface area contributed by atoms with Crippen LogP contribution in [0.3, 0.4) is 0 Å². The molecular weight excluding hydrogens is 466 g/mol. The van der Waals surface area contributed by atoms with Crippen molar-refractivity contribution in [1.29, 1.82) is 0 Å². The number of pyridine rings is 1. The van der Waals surface area contributed by atoms with Gasteiger partial charge in [-0.25, -0.2) is 9.97 Å². The van der Waals surface area contributed by atoms with Crippen LogP contribution >= 0.6 is 0 Å². The van der Waals surface area contributed by atoms with Gasteiger partial charge in [-0.1, -0.05) is 18.2 Å². The van der Waals surface area contributed by atoms with E-state index in [4.69, 9.17) is 15.8 Å². The van der Waals surface area contributed by atoms with E-state index in [0.29, 0.717) is 22.6 Å². The monoisotopic (exact) mass is 491 g/mol. The fourth-order valence-electron chi connectivity index (χ4n) is 4.07. The van der Waals surface area contributed by atoms with E-state index >= 15 is 0 Å². The molecule has 0 unspecified atom stereocenters. The van der Waals surface area contributed by atoms with Crippen molar-refractivity contribution in [2.75, 3.05) is 5.32 Å². The van der Waals surface area contributed by atoms with Crippen LogP contribution in [0, 0.1) is 20.8 Å². The number of aromatic nitrogens is 5. The Kier molecular flexibility index (Phi) is 6.19. The minimum Gasteiger partial charge on any atom is -0.366 e. The van der Waals surface area contributed by atoms with E-state index in [1.807, 2.05) is 63.4 Å². The molecule has 0 bridgehead atoms. The van der Waals surface area contributed by atoms with Crippen LogP contribution in [0.15, 0.2) is 66.9 Å². The van der Waals surface area contributed by atoms with Crippen molar-refractivity contribution in [1.82, 2.24) is 24.7 Å². The fourth-order valence-corrected chi connectivity index (χ4v) is 4.07. The zero-order valence-electron chi connectivity index (χ0n) is 20.7. The number of carbonyl (C=O) groups excluding carboxylic acids is 2. The van der Waals surface area contributed by atoms with Gasteiger partial charge in [0.25, 0.3) is 0 Å². The third kappa shape index (κ3) is 5.06. The molecule has 0 atom stereocenters. The molecule has 37 heavy (non-hydrogen) atoms. The minimum absolute atomic E-state index is 0.0364. The highest BCUT2D eigenvalue weighted by molar-refractivity contribution is 5.96. The molecule has 0 fully saturated rings. The van der Waals surface area contributed by atoms with Crippen molar-refractivity contribution in [3.05, 3.63) is 89.5 Å². The van der Waals surface area contributed by atoms with Gasteiger partial charge < -0.3 is 11.1 Å². The van der Waals surface area contributed by atoms with Gasteiger partial charge in [0.05, 0.1) is 28.1 Å². The van der Waals surface area contributed by atoms with Crippen molar-refractivity contribution in [3.63, 3.8) is 0 Å². The molecule has 3 heterocycles. The van der Waals surface area contributed by atoms with Crippen molar-refractivity contribution >= 4 is 28.5 Å². The quantitative estimate of drug-likeness (QED) is 0.366. The maximum absolute atomic E-state index is 12.8. The lowest BCUT2D eigenvalue weighted by molar-refractivity contribution is -0.116. The van der Waals surface area contributed by atoms with Crippen LogP contribution < -0.4 is 11.1 Å².